The van der Waals surface area contributed by atoms with Gasteiger partial charge in [0.05, 0.1) is 28.5 Å². The van der Waals surface area contributed by atoms with Crippen molar-refractivity contribution < 1.29 is 9.53 Å². The van der Waals surface area contributed by atoms with E-state index in [0.717, 1.165) is 14.6 Å². The summed E-state index contributed by atoms with van der Waals surface area (Å²) in [5.74, 6) is 0.606. The van der Waals surface area contributed by atoms with Crippen LogP contribution in [0.3, 0.4) is 0 Å². The lowest BCUT2D eigenvalue weighted by Gasteiger charge is -1.99. The molecule has 3 aromatic heterocycles. The number of thioether (sulfide) groups is 1. The van der Waals surface area contributed by atoms with Crippen molar-refractivity contribution >= 4 is 60.8 Å². The smallest absolute Gasteiger partial charge is 0.348 e. The third-order valence-electron chi connectivity index (χ3n) is 3.83. The number of benzene rings is 1. The van der Waals surface area contributed by atoms with Gasteiger partial charge in [-0.3, -0.25) is 4.79 Å². The average molecular weight is 404 g/mol. The second kappa shape index (κ2) is 6.82. The Morgan fingerprint density at radius 3 is 2.85 bits per heavy atom. The van der Waals surface area contributed by atoms with Gasteiger partial charge in [-0.25, -0.2) is 14.8 Å². The van der Waals surface area contributed by atoms with E-state index in [9.17, 15) is 9.59 Å². The number of aryl methyl sites for hydroxylation is 1. The zero-order chi connectivity index (χ0) is 18.3. The lowest BCUT2D eigenvalue weighted by molar-refractivity contribution is 0.0605. The number of thiophene rings is 1. The Morgan fingerprint density at radius 2 is 2.08 bits per heavy atom. The summed E-state index contributed by atoms with van der Waals surface area (Å²) in [4.78, 5) is 37.1. The third-order valence-corrected chi connectivity index (χ3v) is 7.18. The minimum Gasteiger partial charge on any atom is -0.465 e. The molecule has 0 aliphatic carbocycles. The molecule has 0 atom stereocenters. The standard InChI is InChI=1S/C17H13N3O3S3/c1-8-12-14(21)19-11(20-15(12)26-13(8)16(22)23-2)7-24-17-18-9-5-3-4-6-10(9)25-17/h3-6H,7H2,1-2H3,(H,19,20,21). The Bertz CT molecular complexity index is 1160. The first-order chi connectivity index (χ1) is 12.6. The Balaban J connectivity index is 1.64. The molecule has 26 heavy (non-hydrogen) atoms. The van der Waals surface area contributed by atoms with Crippen LogP contribution in [0.25, 0.3) is 20.4 Å². The molecular formula is C17H13N3O3S3. The molecule has 4 aromatic rings. The van der Waals surface area contributed by atoms with E-state index in [1.807, 2.05) is 24.3 Å². The Morgan fingerprint density at radius 1 is 1.27 bits per heavy atom. The van der Waals surface area contributed by atoms with E-state index in [4.69, 9.17) is 4.74 Å². The van der Waals surface area contributed by atoms with E-state index >= 15 is 0 Å². The molecule has 0 amide bonds. The van der Waals surface area contributed by atoms with Gasteiger partial charge in [0.25, 0.3) is 5.56 Å². The molecule has 132 valence electrons. The highest BCUT2D eigenvalue weighted by Gasteiger charge is 2.19. The van der Waals surface area contributed by atoms with Crippen LogP contribution in [0.2, 0.25) is 0 Å². The van der Waals surface area contributed by atoms with E-state index in [1.54, 1.807) is 18.3 Å². The molecule has 0 bridgehead atoms. The molecule has 6 nitrogen and oxygen atoms in total. The van der Waals surface area contributed by atoms with Crippen LogP contribution in [-0.2, 0) is 10.5 Å². The molecule has 0 unspecified atom stereocenters. The lowest BCUT2D eigenvalue weighted by Crippen LogP contribution is -2.11. The first-order valence-corrected chi connectivity index (χ1v) is 10.3. The Labute approximate surface area is 160 Å². The fourth-order valence-corrected chi connectivity index (χ4v) is 5.64. The number of nitrogens with one attached hydrogen (secondary N) is 1. The van der Waals surface area contributed by atoms with E-state index in [0.29, 0.717) is 32.2 Å². The number of ether oxygens (including phenoxy) is 1. The molecule has 0 fully saturated rings. The van der Waals surface area contributed by atoms with Gasteiger partial charge in [-0.15, -0.1) is 22.7 Å². The number of para-hydroxylation sites is 1. The number of methoxy groups -OCH3 is 1. The minimum absolute atomic E-state index is 0.237. The molecule has 4 rings (SSSR count). The van der Waals surface area contributed by atoms with Gasteiger partial charge >= 0.3 is 5.97 Å². The topological polar surface area (TPSA) is 84.9 Å². The molecule has 0 aliphatic heterocycles. The maximum atomic E-state index is 12.4. The number of thiazole rings is 1. The second-order valence-corrected chi connectivity index (χ2v) is 8.73. The summed E-state index contributed by atoms with van der Waals surface area (Å²) in [5, 5.41) is 0.448. The normalized spacial score (nSPS) is 11.3. The predicted molar refractivity (Wildman–Crippen MR) is 105 cm³/mol. The van der Waals surface area contributed by atoms with Crippen LogP contribution in [0.15, 0.2) is 33.4 Å². The number of hydrogen-bond acceptors (Lipinski definition) is 8. The highest BCUT2D eigenvalue weighted by molar-refractivity contribution is 8.00. The van der Waals surface area contributed by atoms with Crippen molar-refractivity contribution in [3.05, 3.63) is 50.9 Å². The van der Waals surface area contributed by atoms with Crippen LogP contribution in [0.5, 0.6) is 0 Å². The van der Waals surface area contributed by atoms with Crippen molar-refractivity contribution in [2.45, 2.75) is 17.0 Å². The molecule has 9 heteroatoms. The van der Waals surface area contributed by atoms with Gasteiger partial charge in [0.1, 0.15) is 15.5 Å². The number of carbonyl (C=O) groups is 1. The summed E-state index contributed by atoms with van der Waals surface area (Å²) in [6.45, 7) is 1.73. The van der Waals surface area contributed by atoms with Crippen molar-refractivity contribution in [1.82, 2.24) is 15.0 Å². The third kappa shape index (κ3) is 3.02. The second-order valence-electron chi connectivity index (χ2n) is 5.48. The van der Waals surface area contributed by atoms with Crippen molar-refractivity contribution in [2.24, 2.45) is 0 Å². The van der Waals surface area contributed by atoms with E-state index in [-0.39, 0.29) is 5.56 Å². The number of fused-ring (bicyclic) bond motifs is 2. The number of rotatable bonds is 4. The summed E-state index contributed by atoms with van der Waals surface area (Å²) in [6.07, 6.45) is 0. The number of esters is 1. The van der Waals surface area contributed by atoms with E-state index in [2.05, 4.69) is 15.0 Å². The Hall–Kier alpha value is -2.23. The summed E-state index contributed by atoms with van der Waals surface area (Å²) < 4.78 is 6.82. The first-order valence-electron chi connectivity index (χ1n) is 7.66. The summed E-state index contributed by atoms with van der Waals surface area (Å²) in [6, 6.07) is 7.96. The SMILES string of the molecule is COC(=O)c1sc2nc(CSc3nc4ccccc4s3)[nH]c(=O)c2c1C. The molecule has 0 radical (unpaired) electrons. The van der Waals surface area contributed by atoms with Crippen molar-refractivity contribution in [2.75, 3.05) is 7.11 Å². The number of hydrogen-bond donors (Lipinski definition) is 1. The number of carbonyl (C=O) groups excluding carboxylic acids is 1. The Kier molecular flexibility index (Phi) is 4.51. The molecule has 0 aliphatic rings. The largest absolute Gasteiger partial charge is 0.465 e. The summed E-state index contributed by atoms with van der Waals surface area (Å²) >= 11 is 4.32. The number of aromatic amines is 1. The summed E-state index contributed by atoms with van der Waals surface area (Å²) in [7, 11) is 1.32. The highest BCUT2D eigenvalue weighted by atomic mass is 32.2. The number of aromatic nitrogens is 3. The lowest BCUT2D eigenvalue weighted by atomic mass is 10.2. The van der Waals surface area contributed by atoms with Crippen molar-refractivity contribution in [3.63, 3.8) is 0 Å². The average Bonchev–Trinajstić information content (AvgIpc) is 3.20. The highest BCUT2D eigenvalue weighted by Crippen LogP contribution is 2.32. The fraction of sp³-hybridized carbons (Fsp3) is 0.176. The van der Waals surface area contributed by atoms with Crippen molar-refractivity contribution in [3.8, 4) is 0 Å². The number of H-pyrrole nitrogens is 1. The van der Waals surface area contributed by atoms with Gasteiger partial charge in [-0.1, -0.05) is 23.9 Å². The molecule has 1 aromatic carbocycles. The van der Waals surface area contributed by atoms with Crippen LogP contribution in [0.4, 0.5) is 0 Å². The van der Waals surface area contributed by atoms with Crippen LogP contribution < -0.4 is 5.56 Å². The van der Waals surface area contributed by atoms with Gasteiger partial charge < -0.3 is 9.72 Å². The first kappa shape index (κ1) is 17.2. The maximum Gasteiger partial charge on any atom is 0.348 e. The summed E-state index contributed by atoms with van der Waals surface area (Å²) in [5.41, 5.74) is 1.34. The van der Waals surface area contributed by atoms with Gasteiger partial charge in [0.15, 0.2) is 4.34 Å². The maximum absolute atomic E-state index is 12.4. The van der Waals surface area contributed by atoms with Gasteiger partial charge in [-0.05, 0) is 24.6 Å². The monoisotopic (exact) mass is 403 g/mol. The van der Waals surface area contributed by atoms with Gasteiger partial charge in [0, 0.05) is 0 Å². The minimum atomic E-state index is -0.449. The number of nitrogens with zero attached hydrogens (tertiary/aromatic N) is 2. The molecule has 0 saturated heterocycles. The van der Waals surface area contributed by atoms with Gasteiger partial charge in [0.2, 0.25) is 0 Å². The van der Waals surface area contributed by atoms with E-state index in [1.165, 1.54) is 30.2 Å². The van der Waals surface area contributed by atoms with Crippen LogP contribution >= 0.6 is 34.4 Å². The quantitative estimate of drug-likeness (QED) is 0.410. The van der Waals surface area contributed by atoms with Crippen molar-refractivity contribution in [1.29, 1.82) is 0 Å². The molecule has 0 spiro atoms. The zero-order valence-electron chi connectivity index (χ0n) is 13.9. The van der Waals surface area contributed by atoms with Gasteiger partial charge in [-0.2, -0.15) is 0 Å². The van der Waals surface area contributed by atoms with Crippen LogP contribution in [-0.4, -0.2) is 28.0 Å². The molecular weight excluding hydrogens is 390 g/mol. The predicted octanol–water partition coefficient (Wildman–Crippen LogP) is 3.98. The van der Waals surface area contributed by atoms with Crippen LogP contribution in [0, 0.1) is 6.92 Å². The fourth-order valence-electron chi connectivity index (χ4n) is 2.59. The van der Waals surface area contributed by atoms with Crippen LogP contribution in [0.1, 0.15) is 21.1 Å². The zero-order valence-corrected chi connectivity index (χ0v) is 16.3. The molecule has 0 saturated carbocycles. The molecule has 3 heterocycles. The molecule has 1 N–H and O–H groups in total. The van der Waals surface area contributed by atoms with E-state index < -0.39 is 5.97 Å².